The third kappa shape index (κ3) is 208. The normalized spacial score (nSPS) is 12.0. The minimum Gasteiger partial charge on any atom is 0 e. The Hall–Kier alpha value is 6.61. The van der Waals surface area contributed by atoms with Crippen LogP contribution in [0, 0.1) is 0 Å². The molecular formula is H44Co2O40PW11-. The van der Waals surface area contributed by atoms with Gasteiger partial charge in [0.05, 0.1) is 0 Å². The Bertz CT molecular complexity index is 922. The Morgan fingerprint density at radius 1 is 0.296 bits per heavy atom. The molecule has 0 saturated heterocycles. The van der Waals surface area contributed by atoms with Crippen molar-refractivity contribution in [2.24, 2.45) is 0 Å². The molecule has 0 rings (SSSR count). The number of hydrogen-bond donors (Lipinski definition) is 18. The molecule has 0 aromatic rings. The van der Waals surface area contributed by atoms with Crippen LogP contribution in [0.15, 0.2) is 0 Å². The summed E-state index contributed by atoms with van der Waals surface area (Å²) in [5.41, 5.74) is 0. The molecule has 0 aliphatic heterocycles. The molecule has 0 aromatic carbocycles. The van der Waals surface area contributed by atoms with Gasteiger partial charge in [-0.05, 0) is 0 Å². The van der Waals surface area contributed by atoms with Crippen LogP contribution in [0.5, 0.6) is 0 Å². The van der Waals surface area contributed by atoms with Crippen molar-refractivity contribution in [2.45, 2.75) is 0 Å². The Labute approximate surface area is 415 Å². The van der Waals surface area contributed by atoms with E-state index < -0.39 is 89.6 Å². The zero-order valence-electron chi connectivity index (χ0n) is 23.8. The van der Waals surface area contributed by atoms with Crippen molar-refractivity contribution < 1.29 is 413 Å². The number of hydrogen-bond acceptors (Lipinski definition) is 14. The second kappa shape index (κ2) is 47.6. The van der Waals surface area contributed by atoms with Crippen LogP contribution < -0.4 is 0 Å². The van der Waals surface area contributed by atoms with E-state index in [1.54, 1.807) is 0 Å². The average Bonchev–Trinajstić information content (AvgIpc) is 1.85. The standard InChI is InChI=1S/2Co.H4O4P.28H2O.8O.11W/c;;1-5(2,3)4;;;;;;;;;;;;;;;;;;;;;;;;;;;;;;;;;;;;;;;;;;;;;;;/h;;1-4H;28*1H2;;;;;;;;;;;;;;;;;;;/q;;+1;;;;;;;;;;;;;;;;;;;;;;;;;;;;;;;;;;;;;;;;;;;+2;4*+3/p-16. The van der Waals surface area contributed by atoms with Crippen molar-refractivity contribution in [3.63, 3.8) is 0 Å². The first kappa shape index (κ1) is 170. The van der Waals surface area contributed by atoms with E-state index in [1.165, 1.54) is 0 Å². The van der Waals surface area contributed by atoms with Gasteiger partial charge in [0.25, 0.3) is 0 Å². The average molecular weight is 2860 g/mol. The third-order valence-electron chi connectivity index (χ3n) is 0.709. The van der Waals surface area contributed by atoms with E-state index in [-0.39, 0.29) is 237 Å². The molecule has 0 aliphatic rings. The van der Waals surface area contributed by atoms with Crippen molar-refractivity contribution in [3.8, 4) is 0 Å². The summed E-state index contributed by atoms with van der Waals surface area (Å²) in [7, 11) is -4.39. The van der Waals surface area contributed by atoms with E-state index in [9.17, 15) is 17.0 Å². The molecule has 0 saturated carbocycles. The van der Waals surface area contributed by atoms with Crippen LogP contribution in [-0.4, -0.2) is 149 Å². The van der Waals surface area contributed by atoms with E-state index >= 15 is 0 Å². The van der Waals surface area contributed by atoms with Gasteiger partial charge >= 0.3 is 165 Å². The molecule has 0 aliphatic carbocycles. The van der Waals surface area contributed by atoms with Crippen molar-refractivity contribution in [3.05, 3.63) is 0 Å². The minimum atomic E-state index is -8.71. The van der Waals surface area contributed by atoms with Crippen LogP contribution in [-0.2, 0) is 265 Å². The van der Waals surface area contributed by atoms with E-state index in [0.717, 1.165) is 0 Å². The van der Waals surface area contributed by atoms with Gasteiger partial charge in [-0.2, -0.15) is 19.6 Å². The summed E-state index contributed by atoms with van der Waals surface area (Å²) in [6, 6.07) is 0. The molecule has 0 aromatic heterocycles. The van der Waals surface area contributed by atoms with Crippen LogP contribution in [0.25, 0.3) is 0 Å². The van der Waals surface area contributed by atoms with E-state index in [0.29, 0.717) is 0 Å². The summed E-state index contributed by atoms with van der Waals surface area (Å²) < 4.78 is 172. The van der Waals surface area contributed by atoms with Gasteiger partial charge < -0.3 is 76.7 Å². The van der Waals surface area contributed by atoms with Gasteiger partial charge in [0.15, 0.2) is 0 Å². The Balaban J connectivity index is -0.00000000894. The van der Waals surface area contributed by atoms with Crippen molar-refractivity contribution in [1.29, 1.82) is 0 Å². The zero-order valence-corrected chi connectivity index (χ0v) is 59.1. The van der Waals surface area contributed by atoms with Gasteiger partial charge in [-0.3, -0.25) is 0 Å². The van der Waals surface area contributed by atoms with Gasteiger partial charge in [0, 0.05) is 160 Å². The molecule has 0 unspecified atom stereocenters. The second-order valence-corrected chi connectivity index (χ2v) is 46.2. The molecular weight excluding hydrogens is 2810 g/mol. The maximum atomic E-state index is 10.7. The molecule has 0 atom stereocenters. The van der Waals surface area contributed by atoms with Crippen LogP contribution in [0.2, 0.25) is 0 Å². The molecule has 0 amide bonds. The summed E-state index contributed by atoms with van der Waals surface area (Å²) in [6.07, 6.45) is 0. The van der Waals surface area contributed by atoms with Gasteiger partial charge in [-0.15, -0.1) is 0 Å². The molecule has 0 bridgehead atoms. The van der Waals surface area contributed by atoms with Gasteiger partial charge in [-0.1, -0.05) is 0 Å². The van der Waals surface area contributed by atoms with Gasteiger partial charge in [0.1, 0.15) is 0 Å². The molecule has 44 N–H and O–H groups in total. The first-order valence-electron chi connectivity index (χ1n) is 5.19. The summed E-state index contributed by atoms with van der Waals surface area (Å²) in [5, 5.41) is 0. The summed E-state index contributed by atoms with van der Waals surface area (Å²) in [6.45, 7) is 0. The quantitative estimate of drug-likeness (QED) is 0.110. The van der Waals surface area contributed by atoms with Crippen molar-refractivity contribution in [1.82, 2.24) is 0 Å². The summed E-state index contributed by atoms with van der Waals surface area (Å²) in [5.74, 6) is 0. The van der Waals surface area contributed by atoms with Crippen LogP contribution in [0.1, 0.15) is 0 Å². The van der Waals surface area contributed by atoms with Gasteiger partial charge in [0.2, 0.25) is 0 Å². The SMILES string of the molecule is O.O.O.O.O.O.O.O.O.O.O.O.O[P+](O)(O)O.[Co].[Co].[OH-].[OH-].[O]=[W]([OH])([OH])([OH])[O][W](=[O])([OH])([OH])[OH].[O]=[W]([OH])([OH])([OH])[O][W](=[O])([OH])([OH])[O][W](=[O])([OH])([OH])[OH].[W].[W].[W].[W].[W].[W]. The van der Waals surface area contributed by atoms with Crippen molar-refractivity contribution in [2.75, 3.05) is 0 Å². The molecule has 0 heterocycles. The second-order valence-electron chi connectivity index (χ2n) is 4.51. The fraction of sp³-hybridized carbons (Fsp3) is 0. The molecule has 54 heteroatoms. The summed E-state index contributed by atoms with van der Waals surface area (Å²) in [4.78, 5) is 29.2. The van der Waals surface area contributed by atoms with E-state index in [4.69, 9.17) is 72.2 Å². The molecule has 374 valence electrons. The topological polar surface area (TPSA) is 915 Å². The van der Waals surface area contributed by atoms with Crippen molar-refractivity contribution >= 4 is 8.17 Å². The Morgan fingerprint density at radius 2 is 0.370 bits per heavy atom. The largest absolute Gasteiger partial charge is 0 e. The monoisotopic (exact) mass is 2860 g/mol. The zero-order chi connectivity index (χ0) is 27.9. The Kier molecular flexibility index (Phi) is 150. The molecule has 2 radical (unpaired) electrons. The fourth-order valence-corrected chi connectivity index (χ4v) is 47.5. The maximum absolute atomic E-state index is 10.7. The van der Waals surface area contributed by atoms with E-state index in [2.05, 4.69) is 6.13 Å². The smallest absolute Gasteiger partial charge is 0 e. The predicted octanol–water partition coefficient (Wildman–Crippen LogP) is -20.2. The first-order chi connectivity index (χ1) is 12.4. The third-order valence-corrected chi connectivity index (χ3v) is 47.5. The van der Waals surface area contributed by atoms with Crippen LogP contribution in [0.3, 0.4) is 0 Å². The van der Waals surface area contributed by atoms with E-state index in [1.807, 2.05) is 0 Å². The molecule has 54 heavy (non-hydrogen) atoms. The van der Waals surface area contributed by atoms with Crippen LogP contribution in [0.4, 0.5) is 0 Å². The fourth-order valence-electron chi connectivity index (χ4n) is 0.627. The molecule has 40 nitrogen and oxygen atoms in total. The number of rotatable bonds is 6. The first-order valence-corrected chi connectivity index (χ1v) is 38.3. The Morgan fingerprint density at radius 3 is 0.407 bits per heavy atom. The maximum Gasteiger partial charge on any atom is 0 e. The molecule has 0 fully saturated rings. The van der Waals surface area contributed by atoms with Crippen LogP contribution >= 0.6 is 8.17 Å². The molecule has 0 spiro atoms. The predicted molar refractivity (Wildman–Crippen MR) is 101 cm³/mol. The minimum absolute atomic E-state index is 0. The van der Waals surface area contributed by atoms with Gasteiger partial charge in [-0.25, -0.2) is 0 Å². The summed E-state index contributed by atoms with van der Waals surface area (Å²) >= 11 is -41.1.